The highest BCUT2D eigenvalue weighted by molar-refractivity contribution is 5.93. The van der Waals surface area contributed by atoms with Crippen LogP contribution in [0.4, 0.5) is 10.2 Å². The fraction of sp³-hybridized carbons (Fsp3) is 0.182. The van der Waals surface area contributed by atoms with Crippen LogP contribution in [0.3, 0.4) is 0 Å². The molecule has 0 radical (unpaired) electrons. The molecule has 27 heavy (non-hydrogen) atoms. The summed E-state index contributed by atoms with van der Waals surface area (Å²) in [6.45, 7) is 2.17. The number of rotatable bonds is 7. The minimum atomic E-state index is -0.340. The molecule has 5 heteroatoms. The van der Waals surface area contributed by atoms with Crippen LogP contribution >= 0.6 is 0 Å². The van der Waals surface area contributed by atoms with Gasteiger partial charge >= 0.3 is 0 Å². The predicted molar refractivity (Wildman–Crippen MR) is 103 cm³/mol. The molecule has 0 bridgehead atoms. The molecule has 138 valence electrons. The number of amides is 1. The van der Waals surface area contributed by atoms with Crippen LogP contribution in [-0.2, 0) is 17.8 Å². The Morgan fingerprint density at radius 1 is 1.04 bits per heavy atom. The molecule has 0 fully saturated rings. The second-order valence-corrected chi connectivity index (χ2v) is 6.08. The molecule has 0 unspecified atom stereocenters. The maximum atomic E-state index is 13.5. The molecule has 0 saturated heterocycles. The Balaban J connectivity index is 1.74. The Bertz CT molecular complexity index is 882. The average molecular weight is 364 g/mol. The maximum absolute atomic E-state index is 13.5. The number of pyridine rings is 1. The molecule has 1 amide bonds. The van der Waals surface area contributed by atoms with Crippen molar-refractivity contribution >= 4 is 11.7 Å². The largest absolute Gasteiger partial charge is 0.484 e. The topological polar surface area (TPSA) is 42.4 Å². The maximum Gasteiger partial charge on any atom is 0.266 e. The summed E-state index contributed by atoms with van der Waals surface area (Å²) >= 11 is 0. The molecular weight excluding hydrogens is 343 g/mol. The van der Waals surface area contributed by atoms with Gasteiger partial charge in [-0.3, -0.25) is 9.69 Å². The van der Waals surface area contributed by atoms with Crippen molar-refractivity contribution in [3.63, 3.8) is 0 Å². The van der Waals surface area contributed by atoms with Crippen LogP contribution in [0, 0.1) is 5.82 Å². The van der Waals surface area contributed by atoms with E-state index in [1.54, 1.807) is 36.5 Å². The molecule has 0 aliphatic rings. The van der Waals surface area contributed by atoms with Gasteiger partial charge in [0.2, 0.25) is 0 Å². The Kier molecular flexibility index (Phi) is 6.15. The molecule has 0 spiro atoms. The predicted octanol–water partition coefficient (Wildman–Crippen LogP) is 4.40. The number of benzene rings is 2. The third-order valence-electron chi connectivity index (χ3n) is 4.15. The van der Waals surface area contributed by atoms with Gasteiger partial charge in [-0.05, 0) is 53.9 Å². The summed E-state index contributed by atoms with van der Waals surface area (Å²) in [6.07, 6.45) is 2.56. The number of carbonyl (C=O) groups is 1. The lowest BCUT2D eigenvalue weighted by Crippen LogP contribution is -2.35. The van der Waals surface area contributed by atoms with E-state index < -0.39 is 0 Å². The number of hydrogen-bond donors (Lipinski definition) is 0. The number of nitrogens with zero attached hydrogens (tertiary/aromatic N) is 2. The summed E-state index contributed by atoms with van der Waals surface area (Å²) in [6, 6.07) is 19.2. The highest BCUT2D eigenvalue weighted by atomic mass is 19.1. The van der Waals surface area contributed by atoms with Gasteiger partial charge in [-0.15, -0.1) is 0 Å². The van der Waals surface area contributed by atoms with E-state index >= 15 is 0 Å². The summed E-state index contributed by atoms with van der Waals surface area (Å²) in [5.41, 5.74) is 1.89. The first kappa shape index (κ1) is 18.6. The van der Waals surface area contributed by atoms with Crippen LogP contribution in [0.25, 0.3) is 0 Å². The lowest BCUT2D eigenvalue weighted by molar-refractivity contribution is -0.120. The van der Waals surface area contributed by atoms with Crippen molar-refractivity contribution in [1.29, 1.82) is 0 Å². The summed E-state index contributed by atoms with van der Waals surface area (Å²) in [4.78, 5) is 18.5. The molecule has 4 nitrogen and oxygen atoms in total. The number of aromatic nitrogens is 1. The molecule has 0 aliphatic heterocycles. The van der Waals surface area contributed by atoms with Gasteiger partial charge in [0.1, 0.15) is 17.4 Å². The van der Waals surface area contributed by atoms with E-state index in [1.807, 2.05) is 24.3 Å². The monoisotopic (exact) mass is 364 g/mol. The lowest BCUT2D eigenvalue weighted by Gasteiger charge is -2.22. The van der Waals surface area contributed by atoms with Gasteiger partial charge < -0.3 is 4.74 Å². The molecule has 3 rings (SSSR count). The third-order valence-corrected chi connectivity index (χ3v) is 4.15. The van der Waals surface area contributed by atoms with E-state index in [2.05, 4.69) is 11.9 Å². The number of anilines is 1. The fourth-order valence-electron chi connectivity index (χ4n) is 2.67. The first-order chi connectivity index (χ1) is 13.2. The van der Waals surface area contributed by atoms with Gasteiger partial charge in [-0.25, -0.2) is 9.37 Å². The molecule has 0 saturated carbocycles. The van der Waals surface area contributed by atoms with Crippen molar-refractivity contribution in [3.05, 3.63) is 89.9 Å². The van der Waals surface area contributed by atoms with E-state index in [-0.39, 0.29) is 24.9 Å². The zero-order valence-electron chi connectivity index (χ0n) is 15.1. The lowest BCUT2D eigenvalue weighted by atomic mass is 10.2. The van der Waals surface area contributed by atoms with Gasteiger partial charge in [-0.2, -0.15) is 0 Å². The molecule has 0 atom stereocenters. The molecule has 1 heterocycles. The molecular formula is C22H21FN2O2. The van der Waals surface area contributed by atoms with Crippen LogP contribution in [-0.4, -0.2) is 17.5 Å². The summed E-state index contributed by atoms with van der Waals surface area (Å²) in [5.74, 6) is 0.537. The SMILES string of the molecule is CCc1ccc(OCC(=O)N(Cc2cccc(F)c2)c2ccccn2)cc1. The van der Waals surface area contributed by atoms with Crippen molar-refractivity contribution in [2.75, 3.05) is 11.5 Å². The number of carbonyl (C=O) groups excluding carboxylic acids is 1. The van der Waals surface area contributed by atoms with Gasteiger partial charge in [-0.1, -0.05) is 37.3 Å². The standard InChI is InChI=1S/C22H21FN2O2/c1-2-17-9-11-20(12-10-17)27-16-22(26)25(21-8-3-4-13-24-21)15-18-6-5-7-19(23)14-18/h3-14H,2,15-16H2,1H3. The number of aryl methyl sites for hydroxylation is 1. The van der Waals surface area contributed by atoms with Crippen molar-refractivity contribution in [2.24, 2.45) is 0 Å². The quantitative estimate of drug-likeness (QED) is 0.624. The van der Waals surface area contributed by atoms with Crippen LogP contribution < -0.4 is 9.64 Å². The van der Waals surface area contributed by atoms with Crippen molar-refractivity contribution < 1.29 is 13.9 Å². The minimum Gasteiger partial charge on any atom is -0.484 e. The van der Waals surface area contributed by atoms with Crippen molar-refractivity contribution in [3.8, 4) is 5.75 Å². The van der Waals surface area contributed by atoms with Crippen LogP contribution in [0.15, 0.2) is 72.9 Å². The number of halogens is 1. The van der Waals surface area contributed by atoms with Gasteiger partial charge in [0.25, 0.3) is 5.91 Å². The highest BCUT2D eigenvalue weighted by Crippen LogP contribution is 2.17. The second kappa shape index (κ2) is 8.94. The van der Waals surface area contributed by atoms with Gasteiger partial charge in [0, 0.05) is 6.20 Å². The molecule has 2 aromatic carbocycles. The molecule has 0 N–H and O–H groups in total. The van der Waals surface area contributed by atoms with Gasteiger partial charge in [0.05, 0.1) is 6.54 Å². The van der Waals surface area contributed by atoms with Crippen molar-refractivity contribution in [1.82, 2.24) is 4.98 Å². The Morgan fingerprint density at radius 3 is 2.52 bits per heavy atom. The Morgan fingerprint density at radius 2 is 1.85 bits per heavy atom. The zero-order valence-corrected chi connectivity index (χ0v) is 15.1. The first-order valence-electron chi connectivity index (χ1n) is 8.83. The number of hydrogen-bond acceptors (Lipinski definition) is 3. The second-order valence-electron chi connectivity index (χ2n) is 6.08. The first-order valence-corrected chi connectivity index (χ1v) is 8.83. The molecule has 1 aromatic heterocycles. The molecule has 0 aliphatic carbocycles. The Hall–Kier alpha value is -3.21. The smallest absolute Gasteiger partial charge is 0.266 e. The minimum absolute atomic E-state index is 0.128. The van der Waals surface area contributed by atoms with E-state index in [4.69, 9.17) is 4.74 Å². The summed E-state index contributed by atoms with van der Waals surface area (Å²) in [7, 11) is 0. The zero-order chi connectivity index (χ0) is 19.1. The third kappa shape index (κ3) is 5.14. The highest BCUT2D eigenvalue weighted by Gasteiger charge is 2.18. The van der Waals surface area contributed by atoms with Crippen LogP contribution in [0.5, 0.6) is 5.75 Å². The van der Waals surface area contributed by atoms with E-state index in [0.717, 1.165) is 6.42 Å². The van der Waals surface area contributed by atoms with Crippen LogP contribution in [0.2, 0.25) is 0 Å². The van der Waals surface area contributed by atoms with Crippen LogP contribution in [0.1, 0.15) is 18.1 Å². The Labute approximate surface area is 158 Å². The number of ether oxygens (including phenoxy) is 1. The van der Waals surface area contributed by atoms with Crippen molar-refractivity contribution in [2.45, 2.75) is 19.9 Å². The fourth-order valence-corrected chi connectivity index (χ4v) is 2.67. The van der Waals surface area contributed by atoms with E-state index in [1.165, 1.54) is 22.6 Å². The summed E-state index contributed by atoms with van der Waals surface area (Å²) in [5, 5.41) is 0. The summed E-state index contributed by atoms with van der Waals surface area (Å²) < 4.78 is 19.1. The van der Waals surface area contributed by atoms with Gasteiger partial charge in [0.15, 0.2) is 6.61 Å². The normalized spacial score (nSPS) is 10.4. The molecule has 3 aromatic rings. The van der Waals surface area contributed by atoms with E-state index in [9.17, 15) is 9.18 Å². The van der Waals surface area contributed by atoms with E-state index in [0.29, 0.717) is 17.1 Å². The average Bonchev–Trinajstić information content (AvgIpc) is 2.71.